The number of hydrogen-bond acceptors (Lipinski definition) is 1. The van der Waals surface area contributed by atoms with Crippen LogP contribution in [0.15, 0.2) is 0 Å². The van der Waals surface area contributed by atoms with E-state index in [1.807, 2.05) is 0 Å². The molecule has 0 aromatic heterocycles. The molecule has 2 rings (SSSR count). The summed E-state index contributed by atoms with van der Waals surface area (Å²) in [5.74, 6) is 0. The van der Waals surface area contributed by atoms with Crippen molar-refractivity contribution in [3.05, 3.63) is 0 Å². The standard InChI is InChI=1S/C17H33N/c1-6-9-17(18-12-7-8-13-18)11-10-15(2,3)16(4,5)14-17/h6-14H2,1-5H3. The van der Waals surface area contributed by atoms with Gasteiger partial charge in [-0.2, -0.15) is 0 Å². The maximum Gasteiger partial charge on any atom is 0.0215 e. The van der Waals surface area contributed by atoms with Gasteiger partial charge in [0.2, 0.25) is 0 Å². The largest absolute Gasteiger partial charge is 0.298 e. The lowest BCUT2D eigenvalue weighted by molar-refractivity contribution is -0.0593. The molecule has 0 amide bonds. The van der Waals surface area contributed by atoms with Gasteiger partial charge < -0.3 is 0 Å². The third-order valence-electron chi connectivity index (χ3n) is 6.31. The minimum atomic E-state index is 0.475. The van der Waals surface area contributed by atoms with Crippen molar-refractivity contribution in [2.45, 2.75) is 85.1 Å². The molecule has 1 atom stereocenters. The number of rotatable bonds is 3. The molecule has 2 fully saturated rings. The molecular formula is C17H33N. The summed E-state index contributed by atoms with van der Waals surface area (Å²) in [6.07, 6.45) is 9.83. The van der Waals surface area contributed by atoms with Crippen LogP contribution in [-0.2, 0) is 0 Å². The van der Waals surface area contributed by atoms with E-state index < -0.39 is 0 Å². The summed E-state index contributed by atoms with van der Waals surface area (Å²) in [7, 11) is 0. The zero-order chi connectivity index (χ0) is 13.4. The topological polar surface area (TPSA) is 3.24 Å². The van der Waals surface area contributed by atoms with E-state index in [0.29, 0.717) is 16.4 Å². The first-order valence-corrected chi connectivity index (χ1v) is 8.08. The Labute approximate surface area is 114 Å². The Kier molecular flexibility index (Phi) is 3.84. The van der Waals surface area contributed by atoms with Gasteiger partial charge in [0.05, 0.1) is 0 Å². The molecule has 1 heterocycles. The summed E-state index contributed by atoms with van der Waals surface area (Å²) in [5.41, 5.74) is 1.51. The Morgan fingerprint density at radius 1 is 0.889 bits per heavy atom. The Morgan fingerprint density at radius 2 is 1.50 bits per heavy atom. The van der Waals surface area contributed by atoms with E-state index in [1.54, 1.807) is 0 Å². The van der Waals surface area contributed by atoms with Crippen LogP contribution in [0, 0.1) is 10.8 Å². The van der Waals surface area contributed by atoms with Crippen LogP contribution in [0.1, 0.15) is 79.6 Å². The molecule has 1 aliphatic carbocycles. The molecule has 18 heavy (non-hydrogen) atoms. The van der Waals surface area contributed by atoms with Crippen molar-refractivity contribution in [1.82, 2.24) is 4.90 Å². The van der Waals surface area contributed by atoms with Gasteiger partial charge >= 0.3 is 0 Å². The minimum Gasteiger partial charge on any atom is -0.298 e. The highest BCUT2D eigenvalue weighted by atomic mass is 15.2. The van der Waals surface area contributed by atoms with Crippen molar-refractivity contribution in [3.63, 3.8) is 0 Å². The molecule has 1 nitrogen and oxygen atoms in total. The van der Waals surface area contributed by atoms with E-state index in [4.69, 9.17) is 0 Å². The molecule has 0 bridgehead atoms. The minimum absolute atomic E-state index is 0.475. The molecular weight excluding hydrogens is 218 g/mol. The van der Waals surface area contributed by atoms with Crippen molar-refractivity contribution in [3.8, 4) is 0 Å². The third kappa shape index (κ3) is 2.35. The van der Waals surface area contributed by atoms with Gasteiger partial charge in [-0.15, -0.1) is 0 Å². The van der Waals surface area contributed by atoms with E-state index in [1.165, 1.54) is 58.0 Å². The number of nitrogens with zero attached hydrogens (tertiary/aromatic N) is 1. The highest BCUT2D eigenvalue weighted by molar-refractivity contribution is 5.04. The first-order valence-electron chi connectivity index (χ1n) is 8.08. The highest BCUT2D eigenvalue weighted by Gasteiger charge is 2.51. The zero-order valence-corrected chi connectivity index (χ0v) is 13.3. The van der Waals surface area contributed by atoms with Crippen LogP contribution in [0.25, 0.3) is 0 Å². The first-order chi connectivity index (χ1) is 8.33. The second kappa shape index (κ2) is 4.81. The molecule has 0 spiro atoms. The SMILES string of the molecule is CCCC1(N2CCCC2)CCC(C)(C)C(C)(C)C1. The Balaban J connectivity index is 2.21. The van der Waals surface area contributed by atoms with E-state index >= 15 is 0 Å². The smallest absolute Gasteiger partial charge is 0.0215 e. The van der Waals surface area contributed by atoms with Crippen LogP contribution in [-0.4, -0.2) is 23.5 Å². The quantitative estimate of drug-likeness (QED) is 0.692. The summed E-state index contributed by atoms with van der Waals surface area (Å²) in [6.45, 7) is 15.1. The zero-order valence-electron chi connectivity index (χ0n) is 13.3. The van der Waals surface area contributed by atoms with Crippen LogP contribution in [0.5, 0.6) is 0 Å². The lowest BCUT2D eigenvalue weighted by Gasteiger charge is -2.57. The first kappa shape index (κ1) is 14.4. The van der Waals surface area contributed by atoms with Gasteiger partial charge in [0, 0.05) is 5.54 Å². The molecule has 0 radical (unpaired) electrons. The van der Waals surface area contributed by atoms with E-state index in [9.17, 15) is 0 Å². The van der Waals surface area contributed by atoms with Crippen molar-refractivity contribution < 1.29 is 0 Å². The molecule has 0 aromatic carbocycles. The predicted octanol–water partition coefficient (Wildman–Crippen LogP) is 4.86. The van der Waals surface area contributed by atoms with Crippen molar-refractivity contribution >= 4 is 0 Å². The second-order valence-corrected chi connectivity index (χ2v) is 8.11. The number of likely N-dealkylation sites (tertiary alicyclic amines) is 1. The molecule has 2 aliphatic rings. The fraction of sp³-hybridized carbons (Fsp3) is 1.00. The number of hydrogen-bond donors (Lipinski definition) is 0. The van der Waals surface area contributed by atoms with Gasteiger partial charge in [-0.05, 0) is 62.4 Å². The molecule has 106 valence electrons. The Bertz CT molecular complexity index is 286. The summed E-state index contributed by atoms with van der Waals surface area (Å²) in [4.78, 5) is 2.85. The molecule has 0 aromatic rings. The van der Waals surface area contributed by atoms with Crippen molar-refractivity contribution in [2.75, 3.05) is 13.1 Å². The van der Waals surface area contributed by atoms with Crippen LogP contribution in [0.3, 0.4) is 0 Å². The lowest BCUT2D eigenvalue weighted by Crippen LogP contribution is -2.56. The van der Waals surface area contributed by atoms with Crippen LogP contribution in [0.2, 0.25) is 0 Å². The average molecular weight is 251 g/mol. The predicted molar refractivity (Wildman–Crippen MR) is 79.9 cm³/mol. The lowest BCUT2D eigenvalue weighted by atomic mass is 9.54. The van der Waals surface area contributed by atoms with Gasteiger partial charge in [-0.1, -0.05) is 41.0 Å². The Hall–Kier alpha value is -0.0400. The van der Waals surface area contributed by atoms with Gasteiger partial charge in [-0.25, -0.2) is 0 Å². The van der Waals surface area contributed by atoms with E-state index in [2.05, 4.69) is 39.5 Å². The highest BCUT2D eigenvalue weighted by Crippen LogP contribution is 2.56. The van der Waals surface area contributed by atoms with Crippen LogP contribution >= 0.6 is 0 Å². The fourth-order valence-electron chi connectivity index (χ4n) is 4.33. The molecule has 1 heteroatoms. The van der Waals surface area contributed by atoms with E-state index in [-0.39, 0.29) is 0 Å². The van der Waals surface area contributed by atoms with Gasteiger partial charge in [0.25, 0.3) is 0 Å². The monoisotopic (exact) mass is 251 g/mol. The maximum atomic E-state index is 2.85. The fourth-order valence-corrected chi connectivity index (χ4v) is 4.33. The summed E-state index contributed by atoms with van der Waals surface area (Å²) in [5, 5.41) is 0. The summed E-state index contributed by atoms with van der Waals surface area (Å²) >= 11 is 0. The normalized spacial score (nSPS) is 35.8. The molecule has 1 unspecified atom stereocenters. The molecule has 1 saturated carbocycles. The molecule has 1 aliphatic heterocycles. The van der Waals surface area contributed by atoms with Gasteiger partial charge in [0.15, 0.2) is 0 Å². The third-order valence-corrected chi connectivity index (χ3v) is 6.31. The maximum absolute atomic E-state index is 2.85. The van der Waals surface area contributed by atoms with Crippen molar-refractivity contribution in [2.24, 2.45) is 10.8 Å². The summed E-state index contributed by atoms with van der Waals surface area (Å²) in [6, 6.07) is 0. The molecule has 0 N–H and O–H groups in total. The average Bonchev–Trinajstić information content (AvgIpc) is 2.78. The van der Waals surface area contributed by atoms with Gasteiger partial charge in [0.1, 0.15) is 0 Å². The van der Waals surface area contributed by atoms with Crippen LogP contribution < -0.4 is 0 Å². The van der Waals surface area contributed by atoms with E-state index in [0.717, 1.165) is 0 Å². The second-order valence-electron chi connectivity index (χ2n) is 8.11. The Morgan fingerprint density at radius 3 is 2.00 bits per heavy atom. The molecule has 1 saturated heterocycles. The van der Waals surface area contributed by atoms with Crippen LogP contribution in [0.4, 0.5) is 0 Å². The summed E-state index contributed by atoms with van der Waals surface area (Å²) < 4.78 is 0. The van der Waals surface area contributed by atoms with Crippen molar-refractivity contribution in [1.29, 1.82) is 0 Å². The van der Waals surface area contributed by atoms with Gasteiger partial charge in [-0.3, -0.25) is 4.90 Å².